The van der Waals surface area contributed by atoms with Gasteiger partial charge in [-0.15, -0.1) is 0 Å². The van der Waals surface area contributed by atoms with Gasteiger partial charge >= 0.3 is 0 Å². The summed E-state index contributed by atoms with van der Waals surface area (Å²) in [7, 11) is 0. The molecule has 0 spiro atoms. The molecular weight excluding hydrogens is 314 g/mol. The van der Waals surface area contributed by atoms with E-state index in [0.717, 1.165) is 39.0 Å². The van der Waals surface area contributed by atoms with E-state index in [1.165, 1.54) is 0 Å². The number of carbonyl (C=O) groups excluding carboxylic acids is 2. The van der Waals surface area contributed by atoms with Crippen LogP contribution in [0.3, 0.4) is 0 Å². The maximum atomic E-state index is 12.7. The van der Waals surface area contributed by atoms with Crippen molar-refractivity contribution in [3.05, 3.63) is 34.9 Å². The van der Waals surface area contributed by atoms with Crippen molar-refractivity contribution in [3.8, 4) is 0 Å². The first-order valence-corrected chi connectivity index (χ1v) is 8.51. The molecule has 0 aromatic heterocycles. The molecule has 124 valence electrons. The van der Waals surface area contributed by atoms with Crippen molar-refractivity contribution in [1.29, 1.82) is 0 Å². The highest BCUT2D eigenvalue weighted by atomic mass is 35.5. The zero-order valence-corrected chi connectivity index (χ0v) is 14.1. The van der Waals surface area contributed by atoms with Gasteiger partial charge in [-0.2, -0.15) is 0 Å². The minimum absolute atomic E-state index is 0.0149. The van der Waals surface area contributed by atoms with Crippen molar-refractivity contribution in [2.45, 2.75) is 31.8 Å². The van der Waals surface area contributed by atoms with Crippen molar-refractivity contribution >= 4 is 23.4 Å². The first kappa shape index (κ1) is 16.3. The van der Waals surface area contributed by atoms with E-state index in [-0.39, 0.29) is 11.8 Å². The summed E-state index contributed by atoms with van der Waals surface area (Å²) in [5.74, 6) is -0.230. The lowest BCUT2D eigenvalue weighted by Gasteiger charge is -2.33. The molecule has 3 saturated heterocycles. The summed E-state index contributed by atoms with van der Waals surface area (Å²) in [6.45, 7) is 5.58. The van der Waals surface area contributed by atoms with Crippen molar-refractivity contribution in [2.24, 2.45) is 0 Å². The van der Waals surface area contributed by atoms with Crippen molar-refractivity contribution in [3.63, 3.8) is 0 Å². The molecule has 0 aliphatic carbocycles. The summed E-state index contributed by atoms with van der Waals surface area (Å²) in [6, 6.07) is 6.46. The third kappa shape index (κ3) is 3.67. The summed E-state index contributed by atoms with van der Waals surface area (Å²) in [5.41, 5.74) is 0.511. The number of rotatable bonds is 3. The van der Waals surface area contributed by atoms with Gasteiger partial charge < -0.3 is 15.1 Å². The number of nitrogens with zero attached hydrogens (tertiary/aromatic N) is 2. The van der Waals surface area contributed by atoms with Crippen molar-refractivity contribution in [2.75, 3.05) is 26.2 Å². The maximum absolute atomic E-state index is 12.7. The maximum Gasteiger partial charge on any atom is 0.251 e. The second-order valence-electron chi connectivity index (χ2n) is 6.31. The fraction of sp³-hybridized carbons (Fsp3) is 0.529. The Morgan fingerprint density at radius 1 is 1.13 bits per heavy atom. The molecule has 6 heteroatoms. The molecule has 3 aliphatic heterocycles. The number of fused-ring (bicyclic) bond motifs is 4. The number of nitrogens with one attached hydrogen (secondary N) is 1. The monoisotopic (exact) mass is 335 g/mol. The van der Waals surface area contributed by atoms with Crippen LogP contribution in [0.4, 0.5) is 0 Å². The molecule has 1 aromatic carbocycles. The highest BCUT2D eigenvalue weighted by Gasteiger charge is 2.34. The number of hydrogen-bond donors (Lipinski definition) is 1. The smallest absolute Gasteiger partial charge is 0.251 e. The predicted molar refractivity (Wildman–Crippen MR) is 89.6 cm³/mol. The Balaban J connectivity index is 1.63. The molecule has 4 rings (SSSR count). The third-order valence-electron chi connectivity index (χ3n) is 4.76. The number of hydrogen-bond acceptors (Lipinski definition) is 3. The Bertz CT molecular complexity index is 582. The Morgan fingerprint density at radius 3 is 2.43 bits per heavy atom. The molecule has 2 bridgehead atoms. The molecule has 1 aromatic rings. The first-order chi connectivity index (χ1) is 11.0. The molecule has 23 heavy (non-hydrogen) atoms. The molecule has 1 atom stereocenters. The van der Waals surface area contributed by atoms with Gasteiger partial charge in [-0.1, -0.05) is 11.6 Å². The van der Waals surface area contributed by atoms with Crippen LogP contribution in [-0.2, 0) is 4.79 Å². The summed E-state index contributed by atoms with van der Waals surface area (Å²) >= 11 is 5.83. The van der Waals surface area contributed by atoms with Crippen LogP contribution < -0.4 is 5.32 Å². The Morgan fingerprint density at radius 2 is 1.78 bits per heavy atom. The van der Waals surface area contributed by atoms with E-state index in [1.54, 1.807) is 31.2 Å². The van der Waals surface area contributed by atoms with Gasteiger partial charge in [0.15, 0.2) is 0 Å². The SMILES string of the molecule is C[C@H](NC(=O)c1ccc(Cl)cc1)C(=O)N1CCN2CCC1CC2. The van der Waals surface area contributed by atoms with Crippen LogP contribution in [0.5, 0.6) is 0 Å². The van der Waals surface area contributed by atoms with Crippen LogP contribution in [-0.4, -0.2) is 59.9 Å². The predicted octanol–water partition coefficient (Wildman–Crippen LogP) is 1.76. The number of amides is 2. The van der Waals surface area contributed by atoms with E-state index in [0.29, 0.717) is 16.6 Å². The Kier molecular flexibility index (Phi) is 4.87. The van der Waals surface area contributed by atoms with Gasteiger partial charge in [0.2, 0.25) is 5.91 Å². The number of carbonyl (C=O) groups is 2. The van der Waals surface area contributed by atoms with E-state index in [4.69, 9.17) is 11.6 Å². The van der Waals surface area contributed by atoms with Crippen LogP contribution in [0.15, 0.2) is 24.3 Å². The lowest BCUT2D eigenvalue weighted by atomic mass is 10.0. The van der Waals surface area contributed by atoms with E-state index in [1.807, 2.05) is 4.90 Å². The minimum Gasteiger partial charge on any atom is -0.341 e. The largest absolute Gasteiger partial charge is 0.341 e. The van der Waals surface area contributed by atoms with E-state index in [9.17, 15) is 9.59 Å². The van der Waals surface area contributed by atoms with Gasteiger partial charge in [0, 0.05) is 42.8 Å². The minimum atomic E-state index is -0.523. The van der Waals surface area contributed by atoms with Crippen LogP contribution in [0.1, 0.15) is 30.1 Å². The molecule has 3 fully saturated rings. The van der Waals surface area contributed by atoms with E-state index < -0.39 is 6.04 Å². The molecule has 2 amide bonds. The first-order valence-electron chi connectivity index (χ1n) is 8.14. The van der Waals surface area contributed by atoms with Crippen LogP contribution in [0.2, 0.25) is 5.02 Å². The van der Waals surface area contributed by atoms with Gasteiger partial charge in [0.25, 0.3) is 5.91 Å². The molecule has 0 saturated carbocycles. The van der Waals surface area contributed by atoms with Crippen LogP contribution in [0.25, 0.3) is 0 Å². The van der Waals surface area contributed by atoms with Gasteiger partial charge in [0.1, 0.15) is 6.04 Å². The Labute approximate surface area is 141 Å². The summed E-state index contributed by atoms with van der Waals surface area (Å²) < 4.78 is 0. The van der Waals surface area contributed by atoms with Gasteiger partial charge in [-0.25, -0.2) is 0 Å². The van der Waals surface area contributed by atoms with Gasteiger partial charge in [-0.3, -0.25) is 9.59 Å². The zero-order valence-electron chi connectivity index (χ0n) is 13.3. The van der Waals surface area contributed by atoms with E-state index in [2.05, 4.69) is 10.2 Å². The topological polar surface area (TPSA) is 52.7 Å². The third-order valence-corrected chi connectivity index (χ3v) is 5.01. The molecular formula is C17H22ClN3O2. The quantitative estimate of drug-likeness (QED) is 0.916. The van der Waals surface area contributed by atoms with Crippen LogP contribution in [0, 0.1) is 0 Å². The lowest BCUT2D eigenvalue weighted by molar-refractivity contribution is -0.134. The van der Waals surface area contributed by atoms with E-state index >= 15 is 0 Å². The molecule has 0 unspecified atom stereocenters. The van der Waals surface area contributed by atoms with Crippen molar-refractivity contribution in [1.82, 2.24) is 15.1 Å². The van der Waals surface area contributed by atoms with Gasteiger partial charge in [0.05, 0.1) is 0 Å². The fourth-order valence-corrected chi connectivity index (χ4v) is 3.49. The lowest BCUT2D eigenvalue weighted by Crippen LogP contribution is -2.51. The average molecular weight is 336 g/mol. The molecule has 3 aliphatic rings. The van der Waals surface area contributed by atoms with Crippen LogP contribution >= 0.6 is 11.6 Å². The summed E-state index contributed by atoms with van der Waals surface area (Å²) in [5, 5.41) is 3.39. The molecule has 1 N–H and O–H groups in total. The highest BCUT2D eigenvalue weighted by Crippen LogP contribution is 2.21. The van der Waals surface area contributed by atoms with Crippen molar-refractivity contribution < 1.29 is 9.59 Å². The zero-order chi connectivity index (χ0) is 16.4. The fourth-order valence-electron chi connectivity index (χ4n) is 3.37. The molecule has 0 radical (unpaired) electrons. The highest BCUT2D eigenvalue weighted by molar-refractivity contribution is 6.30. The molecule has 5 nitrogen and oxygen atoms in total. The van der Waals surface area contributed by atoms with Gasteiger partial charge in [-0.05, 0) is 44.0 Å². The second-order valence-corrected chi connectivity index (χ2v) is 6.74. The number of halogens is 1. The second kappa shape index (κ2) is 6.89. The number of piperidine rings is 1. The molecule has 3 heterocycles. The number of benzene rings is 1. The summed E-state index contributed by atoms with van der Waals surface area (Å²) in [6.07, 6.45) is 2.06. The standard InChI is InChI=1S/C17H22ClN3O2/c1-12(19-16(22)13-2-4-14(18)5-3-13)17(23)21-11-10-20-8-6-15(21)7-9-20/h2-5,12,15H,6-11H2,1H3,(H,19,22)/t12-/m0/s1. The average Bonchev–Trinajstić information content (AvgIpc) is 2.88. The normalized spacial score (nSPS) is 24.9. The summed E-state index contributed by atoms with van der Waals surface area (Å²) in [4.78, 5) is 29.3. The Hall–Kier alpha value is -1.59.